The van der Waals surface area contributed by atoms with E-state index in [9.17, 15) is 18.0 Å². The number of hydrogen-bond acceptors (Lipinski definition) is 4. The molecule has 0 heterocycles. The van der Waals surface area contributed by atoms with E-state index < -0.39 is 28.5 Å². The first-order valence-corrected chi connectivity index (χ1v) is 14.7. The maximum absolute atomic E-state index is 14.0. The molecule has 0 fully saturated rings. The second-order valence-electron chi connectivity index (χ2n) is 10.1. The molecule has 3 aromatic rings. The predicted molar refractivity (Wildman–Crippen MR) is 156 cm³/mol. The zero-order chi connectivity index (χ0) is 28.7. The van der Waals surface area contributed by atoms with Crippen LogP contribution in [0.2, 0.25) is 0 Å². The van der Waals surface area contributed by atoms with Gasteiger partial charge in [-0.1, -0.05) is 61.0 Å². The Balaban J connectivity index is 2.04. The lowest BCUT2D eigenvalue weighted by Gasteiger charge is -2.32. The van der Waals surface area contributed by atoms with Crippen molar-refractivity contribution in [3.8, 4) is 0 Å². The Hall–Kier alpha value is -3.65. The van der Waals surface area contributed by atoms with Crippen molar-refractivity contribution in [2.45, 2.75) is 71.5 Å². The molecular formula is C31H39N3O4S. The molecule has 2 atom stereocenters. The van der Waals surface area contributed by atoms with Gasteiger partial charge in [0.05, 0.1) is 10.6 Å². The van der Waals surface area contributed by atoms with Gasteiger partial charge in [-0.05, 0) is 82.0 Å². The van der Waals surface area contributed by atoms with E-state index in [1.807, 2.05) is 65.0 Å². The monoisotopic (exact) mass is 549 g/mol. The van der Waals surface area contributed by atoms with E-state index in [1.54, 1.807) is 37.3 Å². The molecule has 2 amide bonds. The maximum Gasteiger partial charge on any atom is 0.264 e. The Morgan fingerprint density at radius 2 is 1.56 bits per heavy atom. The van der Waals surface area contributed by atoms with Crippen molar-refractivity contribution in [1.29, 1.82) is 0 Å². The second kappa shape index (κ2) is 12.9. The fourth-order valence-corrected chi connectivity index (χ4v) is 5.61. The molecule has 0 aromatic heterocycles. The highest BCUT2D eigenvalue weighted by atomic mass is 32.2. The van der Waals surface area contributed by atoms with Gasteiger partial charge in [-0.15, -0.1) is 0 Å². The highest BCUT2D eigenvalue weighted by Gasteiger charge is 2.32. The second-order valence-corrected chi connectivity index (χ2v) is 12.0. The summed E-state index contributed by atoms with van der Waals surface area (Å²) in [5, 5.41) is 2.95. The largest absolute Gasteiger partial charge is 0.352 e. The van der Waals surface area contributed by atoms with Gasteiger partial charge in [-0.3, -0.25) is 13.9 Å². The summed E-state index contributed by atoms with van der Waals surface area (Å²) in [6.45, 7) is 11.1. The van der Waals surface area contributed by atoms with E-state index in [1.165, 1.54) is 17.0 Å². The van der Waals surface area contributed by atoms with Crippen LogP contribution in [0, 0.1) is 20.8 Å². The Kier molecular flexibility index (Phi) is 9.92. The molecule has 0 spiro atoms. The van der Waals surface area contributed by atoms with Crippen LogP contribution in [0.15, 0.2) is 77.7 Å². The number of carbonyl (C=O) groups excluding carboxylic acids is 2. The minimum absolute atomic E-state index is 0.0543. The highest BCUT2D eigenvalue weighted by molar-refractivity contribution is 7.92. The number of amides is 2. The smallest absolute Gasteiger partial charge is 0.264 e. The van der Waals surface area contributed by atoms with Gasteiger partial charge in [0, 0.05) is 12.6 Å². The quantitative estimate of drug-likeness (QED) is 0.359. The summed E-state index contributed by atoms with van der Waals surface area (Å²) in [7, 11) is -4.08. The number of anilines is 1. The van der Waals surface area contributed by atoms with Crippen molar-refractivity contribution in [3.05, 3.63) is 95.1 Å². The van der Waals surface area contributed by atoms with Gasteiger partial charge in [0.15, 0.2) is 0 Å². The van der Waals surface area contributed by atoms with E-state index in [-0.39, 0.29) is 23.4 Å². The molecule has 1 N–H and O–H groups in total. The standard InChI is InChI=1S/C31H39N3O4S/c1-7-25(5)32-31(36)26(6)33(20-27-13-11-12-22(2)18-27)30(35)21-34(28-17-16-23(3)24(4)19-28)39(37,38)29-14-9-8-10-15-29/h8-19,25-26H,7,20-21H2,1-6H3,(H,32,36)/t25-,26+/m0/s1. The molecule has 0 aliphatic rings. The summed E-state index contributed by atoms with van der Waals surface area (Å²) in [6, 6.07) is 20.2. The van der Waals surface area contributed by atoms with E-state index in [4.69, 9.17) is 0 Å². The predicted octanol–water partition coefficient (Wildman–Crippen LogP) is 5.14. The van der Waals surface area contributed by atoms with Gasteiger partial charge < -0.3 is 10.2 Å². The third kappa shape index (κ3) is 7.47. The molecule has 39 heavy (non-hydrogen) atoms. The molecule has 208 valence electrons. The van der Waals surface area contributed by atoms with Crippen LogP contribution in [0.3, 0.4) is 0 Å². The fraction of sp³-hybridized carbons (Fsp3) is 0.355. The number of aryl methyl sites for hydroxylation is 3. The molecule has 0 saturated carbocycles. The van der Waals surface area contributed by atoms with Gasteiger partial charge in [0.25, 0.3) is 10.0 Å². The lowest BCUT2D eigenvalue weighted by atomic mass is 10.1. The van der Waals surface area contributed by atoms with Gasteiger partial charge >= 0.3 is 0 Å². The van der Waals surface area contributed by atoms with Gasteiger partial charge in [-0.25, -0.2) is 8.42 Å². The Labute approximate surface area is 232 Å². The summed E-state index contributed by atoms with van der Waals surface area (Å²) in [4.78, 5) is 28.7. The van der Waals surface area contributed by atoms with Crippen molar-refractivity contribution in [2.24, 2.45) is 0 Å². The number of rotatable bonds is 11. The van der Waals surface area contributed by atoms with Crippen LogP contribution in [0.5, 0.6) is 0 Å². The van der Waals surface area contributed by atoms with Crippen LogP contribution in [0.1, 0.15) is 49.4 Å². The number of nitrogens with zero attached hydrogens (tertiary/aromatic N) is 2. The van der Waals surface area contributed by atoms with Crippen molar-refractivity contribution >= 4 is 27.5 Å². The first-order valence-electron chi connectivity index (χ1n) is 13.2. The number of sulfonamides is 1. The molecule has 3 rings (SSSR count). The number of carbonyl (C=O) groups is 2. The minimum atomic E-state index is -4.08. The van der Waals surface area contributed by atoms with Crippen LogP contribution in [0.25, 0.3) is 0 Å². The van der Waals surface area contributed by atoms with Crippen molar-refractivity contribution in [3.63, 3.8) is 0 Å². The maximum atomic E-state index is 14.0. The molecule has 0 aliphatic heterocycles. The van der Waals surface area contributed by atoms with E-state index in [2.05, 4.69) is 5.32 Å². The molecule has 0 unspecified atom stereocenters. The lowest BCUT2D eigenvalue weighted by molar-refractivity contribution is -0.139. The summed E-state index contributed by atoms with van der Waals surface area (Å²) >= 11 is 0. The van der Waals surface area contributed by atoms with Crippen molar-refractivity contribution < 1.29 is 18.0 Å². The molecule has 7 nitrogen and oxygen atoms in total. The average molecular weight is 550 g/mol. The summed E-state index contributed by atoms with van der Waals surface area (Å²) < 4.78 is 28.8. The number of hydrogen-bond donors (Lipinski definition) is 1. The Bertz CT molecular complexity index is 1410. The summed E-state index contributed by atoms with van der Waals surface area (Å²) in [5.41, 5.74) is 4.20. The number of nitrogens with one attached hydrogen (secondary N) is 1. The van der Waals surface area contributed by atoms with Crippen LogP contribution in [0.4, 0.5) is 5.69 Å². The third-order valence-corrected chi connectivity index (χ3v) is 8.78. The highest BCUT2D eigenvalue weighted by Crippen LogP contribution is 2.26. The first kappa shape index (κ1) is 29.9. The lowest BCUT2D eigenvalue weighted by Crippen LogP contribution is -2.52. The van der Waals surface area contributed by atoms with Crippen LogP contribution >= 0.6 is 0 Å². The van der Waals surface area contributed by atoms with Gasteiger partial charge in [-0.2, -0.15) is 0 Å². The molecule has 0 radical (unpaired) electrons. The average Bonchev–Trinajstić information content (AvgIpc) is 2.91. The molecular weight excluding hydrogens is 510 g/mol. The molecule has 0 aliphatic carbocycles. The fourth-order valence-electron chi connectivity index (χ4n) is 4.18. The van der Waals surface area contributed by atoms with Crippen molar-refractivity contribution in [2.75, 3.05) is 10.8 Å². The van der Waals surface area contributed by atoms with Gasteiger partial charge in [0.1, 0.15) is 12.6 Å². The molecule has 3 aromatic carbocycles. The Morgan fingerprint density at radius 1 is 0.872 bits per heavy atom. The Morgan fingerprint density at radius 3 is 2.18 bits per heavy atom. The zero-order valence-corrected chi connectivity index (χ0v) is 24.5. The van der Waals surface area contributed by atoms with E-state index in [0.717, 1.165) is 33.0 Å². The zero-order valence-electron chi connectivity index (χ0n) is 23.6. The van der Waals surface area contributed by atoms with Crippen LogP contribution < -0.4 is 9.62 Å². The van der Waals surface area contributed by atoms with Gasteiger partial charge in [0.2, 0.25) is 11.8 Å². The van der Waals surface area contributed by atoms with E-state index >= 15 is 0 Å². The number of benzene rings is 3. The van der Waals surface area contributed by atoms with Crippen LogP contribution in [-0.4, -0.2) is 43.8 Å². The van der Waals surface area contributed by atoms with Crippen molar-refractivity contribution in [1.82, 2.24) is 10.2 Å². The molecule has 0 bridgehead atoms. The topological polar surface area (TPSA) is 86.8 Å². The molecule has 0 saturated heterocycles. The molecule has 8 heteroatoms. The van der Waals surface area contributed by atoms with E-state index in [0.29, 0.717) is 5.69 Å². The normalized spacial score (nSPS) is 12.9. The summed E-state index contributed by atoms with van der Waals surface area (Å²) in [5.74, 6) is -0.755. The van der Waals surface area contributed by atoms with Crippen LogP contribution in [-0.2, 0) is 26.2 Å². The third-order valence-electron chi connectivity index (χ3n) is 6.99. The minimum Gasteiger partial charge on any atom is -0.352 e. The summed E-state index contributed by atoms with van der Waals surface area (Å²) in [6.07, 6.45) is 0.750. The first-order chi connectivity index (χ1) is 18.4. The SMILES string of the molecule is CC[C@H](C)NC(=O)[C@@H](C)N(Cc1cccc(C)c1)C(=O)CN(c1ccc(C)c(C)c1)S(=O)(=O)c1ccccc1.